The van der Waals surface area contributed by atoms with Crippen molar-refractivity contribution in [2.75, 3.05) is 6.61 Å². The monoisotopic (exact) mass is 506 g/mol. The fraction of sp³-hybridized carbons (Fsp3) is 0.520. The summed E-state index contributed by atoms with van der Waals surface area (Å²) < 4.78 is 22.0. The number of aliphatic carboxylic acids is 1. The zero-order valence-electron chi connectivity index (χ0n) is 19.5. The van der Waals surface area contributed by atoms with Crippen LogP contribution in [0.5, 0.6) is 0 Å². The van der Waals surface area contributed by atoms with Crippen LogP contribution < -0.4 is 0 Å². The molecule has 9 atom stereocenters. The molecule has 4 rings (SSSR count). The van der Waals surface area contributed by atoms with Crippen LogP contribution in [-0.4, -0.2) is 86.7 Å². The van der Waals surface area contributed by atoms with Gasteiger partial charge in [-0.3, -0.25) is 0 Å². The van der Waals surface area contributed by atoms with E-state index in [0.29, 0.717) is 12.8 Å². The third kappa shape index (κ3) is 5.46. The van der Waals surface area contributed by atoms with Crippen molar-refractivity contribution in [2.24, 2.45) is 11.8 Å². The second-order valence-corrected chi connectivity index (χ2v) is 9.44. The smallest absolute Gasteiger partial charge is 0.334 e. The zero-order valence-corrected chi connectivity index (χ0v) is 19.5. The zero-order chi connectivity index (χ0) is 26.0. The van der Waals surface area contributed by atoms with E-state index < -0.39 is 73.0 Å². The lowest BCUT2D eigenvalue weighted by atomic mass is 9.81. The third-order valence-electron chi connectivity index (χ3n) is 6.92. The van der Waals surface area contributed by atoms with E-state index in [0.717, 1.165) is 11.8 Å². The van der Waals surface area contributed by atoms with Crippen LogP contribution in [0.1, 0.15) is 25.3 Å². The normalized spacial score (nSPS) is 38.2. The lowest BCUT2D eigenvalue weighted by Crippen LogP contribution is -2.61. The molecular weight excluding hydrogens is 476 g/mol. The van der Waals surface area contributed by atoms with E-state index in [1.807, 2.05) is 18.2 Å². The van der Waals surface area contributed by atoms with E-state index >= 15 is 0 Å². The van der Waals surface area contributed by atoms with E-state index in [4.69, 9.17) is 18.9 Å². The Balaban J connectivity index is 1.42. The molecule has 0 bridgehead atoms. The Morgan fingerprint density at radius 3 is 2.53 bits per heavy atom. The standard InChI is InChI=1S/C25H30O11/c1-25(32)10-9-14-15(22(30)31)11-34-23(18(14)25)36-24-21(29)20(28)19(27)16(35-24)12-33-17(26)8-7-13-5-3-2-4-6-13/h2-8,11,14,16,18-21,23-24,27-29,32H,9-10,12H2,1H3,(H,30,31)/b8-7+/t14?,16?,18?,19-,20?,21?,23-,24-,25+/m0/s1. The van der Waals surface area contributed by atoms with Gasteiger partial charge in [0.05, 0.1) is 23.4 Å². The maximum Gasteiger partial charge on any atom is 0.334 e. The summed E-state index contributed by atoms with van der Waals surface area (Å²) in [4.78, 5) is 23.7. The Bertz CT molecular complexity index is 1000. The van der Waals surface area contributed by atoms with Gasteiger partial charge in [-0.1, -0.05) is 30.3 Å². The first-order chi connectivity index (χ1) is 17.1. The lowest BCUT2D eigenvalue weighted by molar-refractivity contribution is -0.346. The summed E-state index contributed by atoms with van der Waals surface area (Å²) in [6, 6.07) is 9.05. The molecule has 1 aromatic rings. The molecule has 11 nitrogen and oxygen atoms in total. The molecule has 0 radical (unpaired) electrons. The van der Waals surface area contributed by atoms with Crippen molar-refractivity contribution < 1.29 is 54.1 Å². The molecule has 5 unspecified atom stereocenters. The van der Waals surface area contributed by atoms with Crippen LogP contribution in [0.3, 0.4) is 0 Å². The average molecular weight is 507 g/mol. The van der Waals surface area contributed by atoms with Crippen LogP contribution in [0.2, 0.25) is 0 Å². The van der Waals surface area contributed by atoms with Crippen molar-refractivity contribution in [1.29, 1.82) is 0 Å². The first kappa shape index (κ1) is 26.3. The molecule has 196 valence electrons. The molecule has 36 heavy (non-hydrogen) atoms. The van der Waals surface area contributed by atoms with E-state index in [9.17, 15) is 35.1 Å². The summed E-state index contributed by atoms with van der Waals surface area (Å²) in [5.41, 5.74) is -0.530. The maximum atomic E-state index is 12.1. The number of fused-ring (bicyclic) bond motifs is 1. The van der Waals surface area contributed by atoms with Gasteiger partial charge in [0, 0.05) is 12.0 Å². The minimum Gasteiger partial charge on any atom is -0.478 e. The SMILES string of the molecule is C[C@@]1(O)CCC2C(C(=O)O)=CO[C@@H](O[C@@H]3OC(COC(=O)/C=C/c4ccccc4)[C@H](O)C(O)C3O)C21. The Morgan fingerprint density at radius 2 is 1.83 bits per heavy atom. The molecule has 5 N–H and O–H groups in total. The molecule has 1 aromatic carbocycles. The minimum atomic E-state index is -1.69. The number of carboxylic acid groups (broad SMARTS) is 1. The van der Waals surface area contributed by atoms with Gasteiger partial charge >= 0.3 is 11.9 Å². The minimum absolute atomic E-state index is 0.00605. The Labute approximate surface area is 207 Å². The number of carbonyl (C=O) groups excluding carboxylic acids is 1. The van der Waals surface area contributed by atoms with Crippen LogP contribution >= 0.6 is 0 Å². The van der Waals surface area contributed by atoms with Crippen LogP contribution in [0.4, 0.5) is 0 Å². The lowest BCUT2D eigenvalue weighted by Gasteiger charge is -2.44. The predicted molar refractivity (Wildman–Crippen MR) is 122 cm³/mol. The summed E-state index contributed by atoms with van der Waals surface area (Å²) in [5, 5.41) is 51.4. The summed E-state index contributed by atoms with van der Waals surface area (Å²) >= 11 is 0. The number of carbonyl (C=O) groups is 2. The first-order valence-corrected chi connectivity index (χ1v) is 11.6. The number of hydrogen-bond acceptors (Lipinski definition) is 10. The highest BCUT2D eigenvalue weighted by atomic mass is 16.8. The highest BCUT2D eigenvalue weighted by Crippen LogP contribution is 2.49. The third-order valence-corrected chi connectivity index (χ3v) is 6.92. The number of benzene rings is 1. The van der Waals surface area contributed by atoms with Crippen molar-refractivity contribution in [3.8, 4) is 0 Å². The number of hydrogen-bond donors (Lipinski definition) is 5. The molecule has 2 fully saturated rings. The Hall–Kier alpha value is -2.80. The maximum absolute atomic E-state index is 12.1. The molecule has 2 heterocycles. The van der Waals surface area contributed by atoms with Crippen LogP contribution in [0.15, 0.2) is 48.2 Å². The topological polar surface area (TPSA) is 172 Å². The Kier molecular flexibility index (Phi) is 7.79. The van der Waals surface area contributed by atoms with Crippen molar-refractivity contribution in [1.82, 2.24) is 0 Å². The molecule has 0 aromatic heterocycles. The van der Waals surface area contributed by atoms with Crippen LogP contribution in [0, 0.1) is 11.8 Å². The summed E-state index contributed by atoms with van der Waals surface area (Å²) in [5.74, 6) is -3.22. The van der Waals surface area contributed by atoms with Gasteiger partial charge in [-0.15, -0.1) is 0 Å². The van der Waals surface area contributed by atoms with Gasteiger partial charge in [0.1, 0.15) is 31.0 Å². The number of rotatable bonds is 7. The van der Waals surface area contributed by atoms with Gasteiger partial charge in [0.15, 0.2) is 6.29 Å². The summed E-state index contributed by atoms with van der Waals surface area (Å²) in [6.45, 7) is 1.10. The van der Waals surface area contributed by atoms with Gasteiger partial charge in [-0.25, -0.2) is 9.59 Å². The fourth-order valence-corrected chi connectivity index (χ4v) is 4.94. The number of aliphatic hydroxyl groups is 4. The molecule has 3 aliphatic rings. The molecule has 0 spiro atoms. The largest absolute Gasteiger partial charge is 0.478 e. The summed E-state index contributed by atoms with van der Waals surface area (Å²) in [6.07, 6.45) is -4.43. The average Bonchev–Trinajstić information content (AvgIpc) is 3.18. The second-order valence-electron chi connectivity index (χ2n) is 9.44. The molecule has 1 saturated carbocycles. The molecule has 2 aliphatic heterocycles. The number of ether oxygens (including phenoxy) is 4. The van der Waals surface area contributed by atoms with Gasteiger partial charge in [0.25, 0.3) is 0 Å². The van der Waals surface area contributed by atoms with Gasteiger partial charge in [0.2, 0.25) is 6.29 Å². The van der Waals surface area contributed by atoms with E-state index in [2.05, 4.69) is 0 Å². The number of esters is 1. The molecule has 1 aliphatic carbocycles. The van der Waals surface area contributed by atoms with Gasteiger partial charge in [-0.05, 0) is 31.4 Å². The molecule has 11 heteroatoms. The predicted octanol–water partition coefficient (Wildman–Crippen LogP) is 0.169. The number of aliphatic hydroxyl groups excluding tert-OH is 3. The molecular formula is C25H30O11. The fourth-order valence-electron chi connectivity index (χ4n) is 4.94. The van der Waals surface area contributed by atoms with Crippen LogP contribution in [-0.2, 0) is 28.5 Å². The Morgan fingerprint density at radius 1 is 1.11 bits per heavy atom. The van der Waals surface area contributed by atoms with Crippen molar-refractivity contribution in [3.05, 3.63) is 53.8 Å². The van der Waals surface area contributed by atoms with Crippen LogP contribution in [0.25, 0.3) is 6.08 Å². The second kappa shape index (κ2) is 10.7. The van der Waals surface area contributed by atoms with E-state index in [-0.39, 0.29) is 5.57 Å². The quantitative estimate of drug-likeness (QED) is 0.252. The highest BCUT2D eigenvalue weighted by molar-refractivity contribution is 5.87. The van der Waals surface area contributed by atoms with Gasteiger partial charge < -0.3 is 44.5 Å². The summed E-state index contributed by atoms with van der Waals surface area (Å²) in [7, 11) is 0. The first-order valence-electron chi connectivity index (χ1n) is 11.6. The van der Waals surface area contributed by atoms with Crippen molar-refractivity contribution in [2.45, 2.75) is 62.4 Å². The van der Waals surface area contributed by atoms with Crippen molar-refractivity contribution in [3.63, 3.8) is 0 Å². The number of carboxylic acids is 1. The van der Waals surface area contributed by atoms with E-state index in [1.54, 1.807) is 25.1 Å². The molecule has 0 amide bonds. The van der Waals surface area contributed by atoms with E-state index in [1.165, 1.54) is 6.08 Å². The highest BCUT2D eigenvalue weighted by Gasteiger charge is 2.56. The van der Waals surface area contributed by atoms with Crippen molar-refractivity contribution >= 4 is 18.0 Å². The molecule has 1 saturated heterocycles. The van der Waals surface area contributed by atoms with Gasteiger partial charge in [-0.2, -0.15) is 0 Å².